The van der Waals surface area contributed by atoms with Crippen LogP contribution in [0.3, 0.4) is 0 Å². The lowest BCUT2D eigenvalue weighted by Crippen LogP contribution is -2.24. The van der Waals surface area contributed by atoms with Crippen molar-refractivity contribution in [3.63, 3.8) is 0 Å². The van der Waals surface area contributed by atoms with Crippen LogP contribution in [-0.2, 0) is 4.79 Å². The number of benzene rings is 2. The summed E-state index contributed by atoms with van der Waals surface area (Å²) in [7, 11) is 0. The maximum absolute atomic E-state index is 13.5. The molecule has 22 heavy (non-hydrogen) atoms. The summed E-state index contributed by atoms with van der Waals surface area (Å²) in [6, 6.07) is 10.1. The zero-order valence-electron chi connectivity index (χ0n) is 11.8. The van der Waals surface area contributed by atoms with Gasteiger partial charge < -0.3 is 14.8 Å². The second kappa shape index (κ2) is 5.02. The van der Waals surface area contributed by atoms with Crippen LogP contribution in [0.4, 0.5) is 10.1 Å². The molecule has 0 radical (unpaired) electrons. The van der Waals surface area contributed by atoms with Crippen molar-refractivity contribution in [2.45, 2.75) is 12.3 Å². The highest BCUT2D eigenvalue weighted by Gasteiger charge is 2.29. The molecule has 1 atom stereocenters. The Morgan fingerprint density at radius 3 is 2.64 bits per heavy atom. The summed E-state index contributed by atoms with van der Waals surface area (Å²) >= 11 is 0. The Balaban J connectivity index is 1.84. The fourth-order valence-electron chi connectivity index (χ4n) is 3.02. The first-order valence-corrected chi connectivity index (χ1v) is 7.19. The van der Waals surface area contributed by atoms with Crippen molar-refractivity contribution in [2.24, 2.45) is 0 Å². The maximum atomic E-state index is 13.5. The van der Waals surface area contributed by atoms with Gasteiger partial charge in [-0.05, 0) is 29.3 Å². The molecule has 2 aromatic rings. The molecular formula is C17H14FNO3. The fraction of sp³-hybridized carbons (Fsp3) is 0.235. The molecule has 1 amide bonds. The topological polar surface area (TPSA) is 47.6 Å². The molecule has 112 valence electrons. The maximum Gasteiger partial charge on any atom is 0.225 e. The van der Waals surface area contributed by atoms with E-state index in [2.05, 4.69) is 5.32 Å². The summed E-state index contributed by atoms with van der Waals surface area (Å²) in [5.74, 6) is 0.726. The van der Waals surface area contributed by atoms with E-state index in [-0.39, 0.29) is 24.1 Å². The van der Waals surface area contributed by atoms with Gasteiger partial charge in [-0.2, -0.15) is 0 Å². The van der Waals surface area contributed by atoms with Crippen molar-refractivity contribution in [1.82, 2.24) is 0 Å². The summed E-state index contributed by atoms with van der Waals surface area (Å²) in [6.45, 7) is 0.996. The van der Waals surface area contributed by atoms with Crippen molar-refractivity contribution in [3.8, 4) is 11.5 Å². The van der Waals surface area contributed by atoms with E-state index in [0.29, 0.717) is 30.4 Å². The van der Waals surface area contributed by atoms with Gasteiger partial charge in [0.25, 0.3) is 0 Å². The monoisotopic (exact) mass is 299 g/mol. The number of fused-ring (bicyclic) bond motifs is 2. The molecule has 0 spiro atoms. The van der Waals surface area contributed by atoms with Crippen LogP contribution in [0, 0.1) is 5.82 Å². The number of halogens is 1. The molecule has 2 aromatic carbocycles. The molecule has 4 rings (SSSR count). The lowest BCUT2D eigenvalue weighted by atomic mass is 9.84. The van der Waals surface area contributed by atoms with Crippen LogP contribution < -0.4 is 14.8 Å². The Kier molecular flexibility index (Phi) is 2.99. The van der Waals surface area contributed by atoms with Gasteiger partial charge in [-0.25, -0.2) is 4.39 Å². The molecule has 0 aromatic heterocycles. The van der Waals surface area contributed by atoms with Crippen molar-refractivity contribution < 1.29 is 18.7 Å². The van der Waals surface area contributed by atoms with Crippen LogP contribution in [0.15, 0.2) is 36.4 Å². The molecule has 2 aliphatic rings. The average molecular weight is 299 g/mol. The first-order valence-electron chi connectivity index (χ1n) is 7.19. The largest absolute Gasteiger partial charge is 0.486 e. The van der Waals surface area contributed by atoms with Crippen LogP contribution >= 0.6 is 0 Å². The highest BCUT2D eigenvalue weighted by atomic mass is 19.1. The van der Waals surface area contributed by atoms with Gasteiger partial charge in [0.15, 0.2) is 11.5 Å². The van der Waals surface area contributed by atoms with E-state index in [4.69, 9.17) is 9.47 Å². The SMILES string of the molecule is O=C1CC(c2cccc(F)c2)c2cc3c(cc2N1)OCCO3. The standard InChI is InChI=1S/C17H14FNO3/c18-11-3-1-2-10(6-11)12-8-17(20)19-14-9-16-15(7-13(12)14)21-4-5-22-16/h1-3,6-7,9,12H,4-5,8H2,(H,19,20). The Morgan fingerprint density at radius 2 is 1.86 bits per heavy atom. The molecule has 0 saturated heterocycles. The molecule has 0 aliphatic carbocycles. The molecular weight excluding hydrogens is 285 g/mol. The highest BCUT2D eigenvalue weighted by molar-refractivity contribution is 5.96. The number of amides is 1. The third kappa shape index (κ3) is 2.19. The van der Waals surface area contributed by atoms with E-state index in [1.807, 2.05) is 12.1 Å². The fourth-order valence-corrected chi connectivity index (χ4v) is 3.02. The smallest absolute Gasteiger partial charge is 0.225 e. The van der Waals surface area contributed by atoms with Gasteiger partial charge >= 0.3 is 0 Å². The summed E-state index contributed by atoms with van der Waals surface area (Å²) in [5, 5.41) is 2.86. The van der Waals surface area contributed by atoms with Gasteiger partial charge in [0.1, 0.15) is 19.0 Å². The summed E-state index contributed by atoms with van der Waals surface area (Å²) in [6.07, 6.45) is 0.288. The minimum atomic E-state index is -0.303. The number of rotatable bonds is 1. The Morgan fingerprint density at radius 1 is 1.09 bits per heavy atom. The predicted octanol–water partition coefficient (Wildman–Crippen LogP) is 3.07. The van der Waals surface area contributed by atoms with E-state index in [1.54, 1.807) is 12.1 Å². The Hall–Kier alpha value is -2.56. The van der Waals surface area contributed by atoms with Crippen LogP contribution in [0.25, 0.3) is 0 Å². The first-order chi connectivity index (χ1) is 10.7. The molecule has 4 nitrogen and oxygen atoms in total. The quantitative estimate of drug-likeness (QED) is 0.880. The number of hydrogen-bond acceptors (Lipinski definition) is 3. The van der Waals surface area contributed by atoms with E-state index in [9.17, 15) is 9.18 Å². The molecule has 0 saturated carbocycles. The second-order valence-electron chi connectivity index (χ2n) is 5.44. The minimum Gasteiger partial charge on any atom is -0.486 e. The Labute approximate surface area is 126 Å². The molecule has 5 heteroatoms. The Bertz CT molecular complexity index is 760. The van der Waals surface area contributed by atoms with Gasteiger partial charge in [0, 0.05) is 24.1 Å². The van der Waals surface area contributed by atoms with Crippen LogP contribution in [0.1, 0.15) is 23.5 Å². The molecule has 2 aliphatic heterocycles. The van der Waals surface area contributed by atoms with Crippen LogP contribution in [0.2, 0.25) is 0 Å². The van der Waals surface area contributed by atoms with E-state index in [1.165, 1.54) is 12.1 Å². The molecule has 0 bridgehead atoms. The summed E-state index contributed by atoms with van der Waals surface area (Å²) in [4.78, 5) is 12.0. The molecule has 2 heterocycles. The number of carbonyl (C=O) groups excluding carboxylic acids is 1. The zero-order chi connectivity index (χ0) is 15.1. The van der Waals surface area contributed by atoms with Crippen molar-refractivity contribution >= 4 is 11.6 Å². The van der Waals surface area contributed by atoms with Crippen LogP contribution in [-0.4, -0.2) is 19.1 Å². The normalized spacial score (nSPS) is 19.3. The molecule has 1 N–H and O–H groups in total. The van der Waals surface area contributed by atoms with Gasteiger partial charge in [0.2, 0.25) is 5.91 Å². The van der Waals surface area contributed by atoms with Crippen molar-refractivity contribution in [2.75, 3.05) is 18.5 Å². The van der Waals surface area contributed by atoms with Gasteiger partial charge in [0.05, 0.1) is 0 Å². The third-order valence-corrected chi connectivity index (χ3v) is 4.00. The first kappa shape index (κ1) is 13.1. The molecule has 1 unspecified atom stereocenters. The average Bonchev–Trinajstić information content (AvgIpc) is 2.52. The summed E-state index contributed by atoms with van der Waals surface area (Å²) in [5.41, 5.74) is 2.41. The predicted molar refractivity (Wildman–Crippen MR) is 78.9 cm³/mol. The number of anilines is 1. The molecule has 0 fully saturated rings. The van der Waals surface area contributed by atoms with E-state index in [0.717, 1.165) is 11.1 Å². The number of ether oxygens (including phenoxy) is 2. The lowest BCUT2D eigenvalue weighted by Gasteiger charge is -2.29. The highest BCUT2D eigenvalue weighted by Crippen LogP contribution is 2.43. The lowest BCUT2D eigenvalue weighted by molar-refractivity contribution is -0.116. The van der Waals surface area contributed by atoms with Crippen molar-refractivity contribution in [3.05, 3.63) is 53.3 Å². The zero-order valence-corrected chi connectivity index (χ0v) is 11.8. The minimum absolute atomic E-state index is 0.0848. The van der Waals surface area contributed by atoms with E-state index >= 15 is 0 Å². The number of carbonyl (C=O) groups is 1. The van der Waals surface area contributed by atoms with Gasteiger partial charge in [-0.3, -0.25) is 4.79 Å². The number of hydrogen-bond donors (Lipinski definition) is 1. The van der Waals surface area contributed by atoms with Gasteiger partial charge in [-0.15, -0.1) is 0 Å². The van der Waals surface area contributed by atoms with Crippen molar-refractivity contribution in [1.29, 1.82) is 0 Å². The summed E-state index contributed by atoms with van der Waals surface area (Å²) < 4.78 is 24.7. The second-order valence-corrected chi connectivity index (χ2v) is 5.44. The van der Waals surface area contributed by atoms with Crippen LogP contribution in [0.5, 0.6) is 11.5 Å². The van der Waals surface area contributed by atoms with Gasteiger partial charge in [-0.1, -0.05) is 12.1 Å². The third-order valence-electron chi connectivity index (χ3n) is 4.00. The number of nitrogens with one attached hydrogen (secondary N) is 1. The van der Waals surface area contributed by atoms with E-state index < -0.39 is 0 Å².